The Morgan fingerprint density at radius 1 is 0.931 bits per heavy atom. The minimum absolute atomic E-state index is 0.0633. The van der Waals surface area contributed by atoms with Crippen LogP contribution in [0, 0.1) is 0 Å². The van der Waals surface area contributed by atoms with Crippen LogP contribution in [0.1, 0.15) is 35.3 Å². The lowest BCUT2D eigenvalue weighted by Gasteiger charge is -2.30. The van der Waals surface area contributed by atoms with Crippen molar-refractivity contribution in [1.82, 2.24) is 4.90 Å². The highest BCUT2D eigenvalue weighted by molar-refractivity contribution is 9.10. The molecule has 0 aromatic heterocycles. The lowest BCUT2D eigenvalue weighted by molar-refractivity contribution is 0.0733. The summed E-state index contributed by atoms with van der Waals surface area (Å²) in [4.78, 5) is 15.0. The van der Waals surface area contributed by atoms with Gasteiger partial charge in [-0.2, -0.15) is 0 Å². The van der Waals surface area contributed by atoms with Gasteiger partial charge in [0.25, 0.3) is 5.91 Å². The van der Waals surface area contributed by atoms with Crippen LogP contribution < -0.4 is 18.9 Å². The molecular weight excluding hydrogens is 438 g/mol. The summed E-state index contributed by atoms with van der Waals surface area (Å²) in [6, 6.07) is 7.49. The first kappa shape index (κ1) is 21.3. The van der Waals surface area contributed by atoms with Crippen molar-refractivity contribution in [3.8, 4) is 23.0 Å². The quantitative estimate of drug-likeness (QED) is 0.606. The van der Waals surface area contributed by atoms with Crippen molar-refractivity contribution in [3.63, 3.8) is 0 Å². The minimum atomic E-state index is -0.0633. The standard InChI is InChI=1S/C22H26BrNO5/c1-5-28-17-9-14-7-8-24(13-16(14)12-18(17)29-6-2)22(25)15-10-19(26-3)21(23)20(11-15)27-4/h9-12H,5-8,13H2,1-4H3. The van der Waals surface area contributed by atoms with Gasteiger partial charge in [-0.25, -0.2) is 0 Å². The third-order valence-electron chi connectivity index (χ3n) is 4.86. The summed E-state index contributed by atoms with van der Waals surface area (Å²) < 4.78 is 22.9. The van der Waals surface area contributed by atoms with Gasteiger partial charge >= 0.3 is 0 Å². The van der Waals surface area contributed by atoms with E-state index in [2.05, 4.69) is 15.9 Å². The van der Waals surface area contributed by atoms with E-state index in [0.29, 0.717) is 47.8 Å². The second-order valence-electron chi connectivity index (χ2n) is 6.61. The lowest BCUT2D eigenvalue weighted by Crippen LogP contribution is -2.36. The molecule has 2 aromatic carbocycles. The van der Waals surface area contributed by atoms with Crippen molar-refractivity contribution in [2.45, 2.75) is 26.8 Å². The number of ether oxygens (including phenoxy) is 4. The van der Waals surface area contributed by atoms with Crippen molar-refractivity contribution in [1.29, 1.82) is 0 Å². The molecule has 7 heteroatoms. The SMILES string of the molecule is CCOc1cc2c(cc1OCC)CN(C(=O)c1cc(OC)c(Br)c(OC)c1)CC2. The largest absolute Gasteiger partial charge is 0.495 e. The maximum absolute atomic E-state index is 13.2. The predicted octanol–water partition coefficient (Wildman–Crippen LogP) is 4.46. The highest BCUT2D eigenvalue weighted by atomic mass is 79.9. The Balaban J connectivity index is 1.88. The number of fused-ring (bicyclic) bond motifs is 1. The molecule has 0 N–H and O–H groups in total. The first-order valence-corrected chi connectivity index (χ1v) is 10.4. The van der Waals surface area contributed by atoms with Crippen LogP contribution in [0.25, 0.3) is 0 Å². The number of carbonyl (C=O) groups excluding carboxylic acids is 1. The Bertz CT molecular complexity index is 874. The van der Waals surface area contributed by atoms with Gasteiger partial charge in [-0.05, 0) is 71.6 Å². The molecule has 6 nitrogen and oxygen atoms in total. The highest BCUT2D eigenvalue weighted by Gasteiger charge is 2.25. The zero-order valence-corrected chi connectivity index (χ0v) is 18.8. The number of nitrogens with zero attached hydrogens (tertiary/aromatic N) is 1. The normalized spacial score (nSPS) is 12.9. The fourth-order valence-corrected chi connectivity index (χ4v) is 4.00. The topological polar surface area (TPSA) is 57.2 Å². The zero-order chi connectivity index (χ0) is 21.0. The average Bonchev–Trinajstić information content (AvgIpc) is 2.73. The van der Waals surface area contributed by atoms with Gasteiger partial charge in [0.1, 0.15) is 16.0 Å². The number of rotatable bonds is 7. The van der Waals surface area contributed by atoms with E-state index in [-0.39, 0.29) is 5.91 Å². The van der Waals surface area contributed by atoms with Crippen LogP contribution in [-0.2, 0) is 13.0 Å². The summed E-state index contributed by atoms with van der Waals surface area (Å²) in [6.07, 6.45) is 0.762. The van der Waals surface area contributed by atoms with E-state index in [1.54, 1.807) is 26.4 Å². The number of amides is 1. The highest BCUT2D eigenvalue weighted by Crippen LogP contribution is 2.37. The molecule has 0 aliphatic carbocycles. The summed E-state index contributed by atoms with van der Waals surface area (Å²) in [5.41, 5.74) is 2.79. The van der Waals surface area contributed by atoms with E-state index < -0.39 is 0 Å². The molecule has 0 spiro atoms. The third kappa shape index (κ3) is 4.45. The van der Waals surface area contributed by atoms with Crippen molar-refractivity contribution in [2.24, 2.45) is 0 Å². The Morgan fingerprint density at radius 2 is 1.48 bits per heavy atom. The van der Waals surface area contributed by atoms with E-state index in [4.69, 9.17) is 18.9 Å². The van der Waals surface area contributed by atoms with Crippen LogP contribution in [-0.4, -0.2) is 44.8 Å². The van der Waals surface area contributed by atoms with Crippen LogP contribution in [0.15, 0.2) is 28.7 Å². The van der Waals surface area contributed by atoms with Gasteiger partial charge in [0.05, 0.1) is 27.4 Å². The van der Waals surface area contributed by atoms with Crippen LogP contribution in [0.2, 0.25) is 0 Å². The third-order valence-corrected chi connectivity index (χ3v) is 5.64. The minimum Gasteiger partial charge on any atom is -0.495 e. The van der Waals surface area contributed by atoms with Crippen LogP contribution in [0.3, 0.4) is 0 Å². The van der Waals surface area contributed by atoms with E-state index in [0.717, 1.165) is 23.5 Å². The van der Waals surface area contributed by atoms with E-state index in [1.807, 2.05) is 30.9 Å². The molecule has 156 valence electrons. The molecule has 0 unspecified atom stereocenters. The molecule has 1 aliphatic heterocycles. The molecule has 0 saturated heterocycles. The number of halogens is 1. The van der Waals surface area contributed by atoms with E-state index in [1.165, 1.54) is 5.56 Å². The summed E-state index contributed by atoms with van der Waals surface area (Å²) in [6.45, 7) is 6.18. The van der Waals surface area contributed by atoms with E-state index >= 15 is 0 Å². The zero-order valence-electron chi connectivity index (χ0n) is 17.2. The smallest absolute Gasteiger partial charge is 0.254 e. The van der Waals surface area contributed by atoms with Crippen LogP contribution in [0.5, 0.6) is 23.0 Å². The van der Waals surface area contributed by atoms with Crippen molar-refractivity contribution < 1.29 is 23.7 Å². The Morgan fingerprint density at radius 3 is 2.00 bits per heavy atom. The number of benzene rings is 2. The van der Waals surface area contributed by atoms with Gasteiger partial charge in [0.15, 0.2) is 11.5 Å². The first-order valence-electron chi connectivity index (χ1n) is 9.64. The molecule has 1 aliphatic rings. The molecule has 0 fully saturated rings. The fourth-order valence-electron chi connectivity index (χ4n) is 3.45. The Hall–Kier alpha value is -2.41. The molecular formula is C22H26BrNO5. The molecule has 1 amide bonds. The maximum atomic E-state index is 13.2. The van der Waals surface area contributed by atoms with Gasteiger partial charge < -0.3 is 23.8 Å². The summed E-state index contributed by atoms with van der Waals surface area (Å²) in [7, 11) is 3.13. The van der Waals surface area contributed by atoms with Crippen molar-refractivity contribution >= 4 is 21.8 Å². The molecule has 0 saturated carbocycles. The van der Waals surface area contributed by atoms with Gasteiger partial charge in [0.2, 0.25) is 0 Å². The summed E-state index contributed by atoms with van der Waals surface area (Å²) in [5, 5.41) is 0. The van der Waals surface area contributed by atoms with Crippen molar-refractivity contribution in [3.05, 3.63) is 45.4 Å². The number of methoxy groups -OCH3 is 2. The van der Waals surface area contributed by atoms with Crippen molar-refractivity contribution in [2.75, 3.05) is 34.0 Å². The second-order valence-corrected chi connectivity index (χ2v) is 7.40. The Labute approximate surface area is 179 Å². The molecule has 3 rings (SSSR count). The fraction of sp³-hybridized carbons (Fsp3) is 0.409. The van der Waals surface area contributed by atoms with Gasteiger partial charge in [-0.3, -0.25) is 4.79 Å². The monoisotopic (exact) mass is 463 g/mol. The number of hydrogen-bond acceptors (Lipinski definition) is 5. The maximum Gasteiger partial charge on any atom is 0.254 e. The number of carbonyl (C=O) groups is 1. The van der Waals surface area contributed by atoms with Gasteiger partial charge in [0, 0.05) is 18.7 Å². The molecule has 2 aromatic rings. The van der Waals surface area contributed by atoms with Gasteiger partial charge in [-0.1, -0.05) is 0 Å². The number of hydrogen-bond donors (Lipinski definition) is 0. The Kier molecular flexibility index (Phi) is 6.90. The summed E-state index contributed by atoms with van der Waals surface area (Å²) in [5.74, 6) is 2.53. The molecule has 0 atom stereocenters. The summed E-state index contributed by atoms with van der Waals surface area (Å²) >= 11 is 3.44. The van der Waals surface area contributed by atoms with Crippen LogP contribution >= 0.6 is 15.9 Å². The van der Waals surface area contributed by atoms with E-state index in [9.17, 15) is 4.79 Å². The van der Waals surface area contributed by atoms with Crippen LogP contribution in [0.4, 0.5) is 0 Å². The first-order chi connectivity index (χ1) is 14.0. The molecule has 0 radical (unpaired) electrons. The van der Waals surface area contributed by atoms with Gasteiger partial charge in [-0.15, -0.1) is 0 Å². The molecule has 0 bridgehead atoms. The molecule has 1 heterocycles. The second kappa shape index (κ2) is 9.39. The molecule has 29 heavy (non-hydrogen) atoms. The predicted molar refractivity (Wildman–Crippen MR) is 114 cm³/mol. The average molecular weight is 464 g/mol. The lowest BCUT2D eigenvalue weighted by atomic mass is 9.98.